The fourth-order valence-corrected chi connectivity index (χ4v) is 2.95. The van der Waals surface area contributed by atoms with Gasteiger partial charge in [0.05, 0.1) is 21.8 Å². The third-order valence-corrected chi connectivity index (χ3v) is 4.55. The summed E-state index contributed by atoms with van der Waals surface area (Å²) in [6.45, 7) is 6.94. The van der Waals surface area contributed by atoms with E-state index < -0.39 is 63.9 Å². The Bertz CT molecular complexity index is 1420. The van der Waals surface area contributed by atoms with Crippen molar-refractivity contribution in [3.8, 4) is 17.7 Å². The zero-order chi connectivity index (χ0) is 28.3. The SMILES string of the molecule is [C-]#[N+]/N=C1\C=C(Oc2cc(C(F)(F)F)cc(C(F)(F)F)c2)C(=NC#N)C=C1Oc1cccc(C(F)(F)F)c1. The molecule has 0 bridgehead atoms. The summed E-state index contributed by atoms with van der Waals surface area (Å²) in [6.07, 6.45) is -12.1. The Labute approximate surface area is 207 Å². The van der Waals surface area contributed by atoms with Gasteiger partial charge in [-0.05, 0) is 36.4 Å². The Morgan fingerprint density at radius 3 is 1.74 bits per heavy atom. The Morgan fingerprint density at radius 2 is 1.21 bits per heavy atom. The fourth-order valence-electron chi connectivity index (χ4n) is 2.95. The van der Waals surface area contributed by atoms with Crippen LogP contribution in [0.15, 0.2) is 76.2 Å². The summed E-state index contributed by atoms with van der Waals surface area (Å²) in [4.78, 5) is 6.11. The van der Waals surface area contributed by atoms with Crippen LogP contribution in [-0.4, -0.2) is 11.4 Å². The van der Waals surface area contributed by atoms with Crippen LogP contribution in [0.1, 0.15) is 16.7 Å². The molecule has 15 heteroatoms. The average Bonchev–Trinajstić information content (AvgIpc) is 2.80. The molecule has 0 spiro atoms. The largest absolute Gasteiger partial charge is 0.455 e. The molecule has 3 rings (SSSR count). The van der Waals surface area contributed by atoms with E-state index in [2.05, 4.69) is 15.0 Å². The second kappa shape index (κ2) is 10.3. The molecule has 0 aliphatic heterocycles. The van der Waals surface area contributed by atoms with Crippen molar-refractivity contribution >= 4 is 11.4 Å². The second-order valence-electron chi connectivity index (χ2n) is 7.17. The van der Waals surface area contributed by atoms with Gasteiger partial charge in [-0.15, -0.1) is 4.95 Å². The summed E-state index contributed by atoms with van der Waals surface area (Å²) in [7, 11) is 0. The van der Waals surface area contributed by atoms with Gasteiger partial charge in [0.15, 0.2) is 17.2 Å². The summed E-state index contributed by atoms with van der Waals surface area (Å²) in [5.74, 6) is -2.33. The minimum atomic E-state index is -5.17. The number of rotatable bonds is 4. The first-order chi connectivity index (χ1) is 17.6. The van der Waals surface area contributed by atoms with Crippen LogP contribution in [0.25, 0.3) is 4.95 Å². The number of aliphatic imine (C=N–C) groups is 1. The van der Waals surface area contributed by atoms with Crippen molar-refractivity contribution < 1.29 is 49.0 Å². The van der Waals surface area contributed by atoms with Gasteiger partial charge >= 0.3 is 18.5 Å². The third-order valence-electron chi connectivity index (χ3n) is 4.55. The predicted octanol–water partition coefficient (Wildman–Crippen LogP) is 7.18. The van der Waals surface area contributed by atoms with Crippen LogP contribution < -0.4 is 9.47 Å². The van der Waals surface area contributed by atoms with E-state index in [-0.39, 0.29) is 23.9 Å². The van der Waals surface area contributed by atoms with Gasteiger partial charge in [-0.2, -0.15) is 56.3 Å². The number of halogens is 9. The van der Waals surface area contributed by atoms with E-state index in [0.717, 1.165) is 30.4 Å². The molecular weight excluding hydrogens is 535 g/mol. The summed E-state index contributed by atoms with van der Waals surface area (Å²) in [5, 5.41) is 12.4. The van der Waals surface area contributed by atoms with E-state index in [9.17, 15) is 39.5 Å². The number of ether oxygens (including phenoxy) is 2. The van der Waals surface area contributed by atoms with Crippen molar-refractivity contribution in [2.45, 2.75) is 18.5 Å². The van der Waals surface area contributed by atoms with Crippen LogP contribution in [0.2, 0.25) is 0 Å². The van der Waals surface area contributed by atoms with Gasteiger partial charge in [-0.3, -0.25) is 0 Å². The number of alkyl halides is 9. The number of hydrogen-bond donors (Lipinski definition) is 0. The first-order valence-electron chi connectivity index (χ1n) is 9.79. The Hall–Kier alpha value is -4.79. The molecule has 0 N–H and O–H groups in total. The Morgan fingerprint density at radius 1 is 0.711 bits per heavy atom. The second-order valence-corrected chi connectivity index (χ2v) is 7.17. The number of nitrogens with zero attached hydrogens (tertiary/aromatic N) is 4. The molecule has 0 atom stereocenters. The van der Waals surface area contributed by atoms with Gasteiger partial charge in [-0.25, -0.2) is 0 Å². The van der Waals surface area contributed by atoms with Crippen molar-refractivity contribution in [3.63, 3.8) is 0 Å². The lowest BCUT2D eigenvalue weighted by molar-refractivity contribution is -0.143. The molecule has 196 valence electrons. The molecule has 6 nitrogen and oxygen atoms in total. The van der Waals surface area contributed by atoms with Gasteiger partial charge in [0.1, 0.15) is 17.2 Å². The van der Waals surface area contributed by atoms with Gasteiger partial charge in [0.2, 0.25) is 6.19 Å². The molecular formula is C23H9F9N4O2. The summed E-state index contributed by atoms with van der Waals surface area (Å²) in [5.41, 5.74) is -5.38. The zero-order valence-corrected chi connectivity index (χ0v) is 18.2. The monoisotopic (exact) mass is 544 g/mol. The minimum Gasteiger partial charge on any atom is -0.455 e. The quantitative estimate of drug-likeness (QED) is 0.135. The zero-order valence-electron chi connectivity index (χ0n) is 18.2. The molecule has 0 saturated heterocycles. The molecule has 0 aromatic heterocycles. The molecule has 2 aromatic rings. The Kier molecular flexibility index (Phi) is 7.53. The number of nitriles is 1. The smallest absolute Gasteiger partial charge is 0.416 e. The van der Waals surface area contributed by atoms with E-state index in [1.807, 2.05) is 0 Å². The maximum Gasteiger partial charge on any atom is 0.416 e. The summed E-state index contributed by atoms with van der Waals surface area (Å²) in [6, 6.07) is 3.94. The topological polar surface area (TPSA) is 71.3 Å². The number of benzene rings is 2. The highest BCUT2D eigenvalue weighted by molar-refractivity contribution is 6.22. The molecule has 0 amide bonds. The Balaban J connectivity index is 2.05. The highest BCUT2D eigenvalue weighted by Gasteiger charge is 2.38. The average molecular weight is 544 g/mol. The van der Waals surface area contributed by atoms with Crippen LogP contribution in [0.3, 0.4) is 0 Å². The molecule has 38 heavy (non-hydrogen) atoms. The third kappa shape index (κ3) is 6.70. The molecule has 0 saturated carbocycles. The lowest BCUT2D eigenvalue weighted by Crippen LogP contribution is -2.20. The van der Waals surface area contributed by atoms with Crippen LogP contribution >= 0.6 is 0 Å². The summed E-state index contributed by atoms with van der Waals surface area (Å²) >= 11 is 0. The standard InChI is InChI=1S/C23H9F9N4O2/c1-34-36-18-10-19(38-16-7-13(22(27,28)29)5-14(8-16)23(30,31)32)17(35-11-33)9-20(18)37-15-4-2-3-12(6-15)21(24,25)26/h2-10H/b35-17?,36-18+. The van der Waals surface area contributed by atoms with E-state index in [1.165, 1.54) is 6.19 Å². The van der Waals surface area contributed by atoms with Crippen molar-refractivity contribution in [2.75, 3.05) is 0 Å². The van der Waals surface area contributed by atoms with Crippen LogP contribution in [-0.2, 0) is 18.5 Å². The predicted molar refractivity (Wildman–Crippen MR) is 112 cm³/mol. The van der Waals surface area contributed by atoms with Crippen LogP contribution in [0, 0.1) is 18.0 Å². The van der Waals surface area contributed by atoms with Crippen LogP contribution in [0.5, 0.6) is 11.5 Å². The molecule has 1 aliphatic rings. The van der Waals surface area contributed by atoms with E-state index in [0.29, 0.717) is 6.07 Å². The van der Waals surface area contributed by atoms with Crippen molar-refractivity contribution in [1.29, 1.82) is 5.26 Å². The fraction of sp³-hybridized carbons (Fsp3) is 0.130. The van der Waals surface area contributed by atoms with Crippen molar-refractivity contribution in [2.24, 2.45) is 10.1 Å². The van der Waals surface area contributed by atoms with E-state index in [1.54, 1.807) is 0 Å². The van der Waals surface area contributed by atoms with Gasteiger partial charge in [0.25, 0.3) is 0 Å². The highest BCUT2D eigenvalue weighted by Crippen LogP contribution is 2.39. The highest BCUT2D eigenvalue weighted by atomic mass is 19.4. The first kappa shape index (κ1) is 27.8. The molecule has 2 aromatic carbocycles. The molecule has 0 fully saturated rings. The van der Waals surface area contributed by atoms with Gasteiger partial charge < -0.3 is 9.47 Å². The maximum absolute atomic E-state index is 13.2. The molecule has 0 heterocycles. The van der Waals surface area contributed by atoms with E-state index >= 15 is 0 Å². The maximum atomic E-state index is 13.2. The van der Waals surface area contributed by atoms with Gasteiger partial charge in [-0.1, -0.05) is 6.07 Å². The lowest BCUT2D eigenvalue weighted by Gasteiger charge is -2.19. The molecule has 0 radical (unpaired) electrons. The van der Waals surface area contributed by atoms with E-state index in [4.69, 9.17) is 21.3 Å². The van der Waals surface area contributed by atoms with Gasteiger partial charge in [0, 0.05) is 12.2 Å². The molecule has 0 unspecified atom stereocenters. The normalized spacial score (nSPS) is 16.4. The van der Waals surface area contributed by atoms with Crippen molar-refractivity contribution in [1.82, 2.24) is 0 Å². The summed E-state index contributed by atoms with van der Waals surface area (Å²) < 4.78 is 129. The lowest BCUT2D eigenvalue weighted by atomic mass is 10.1. The minimum absolute atomic E-state index is 0.126. The molecule has 1 aliphatic carbocycles. The number of allylic oxidation sites excluding steroid dienone is 2. The number of hydrogen-bond acceptors (Lipinski definition) is 5. The first-order valence-corrected chi connectivity index (χ1v) is 9.79. The van der Waals surface area contributed by atoms with Crippen LogP contribution in [0.4, 0.5) is 39.5 Å². The van der Waals surface area contributed by atoms with Crippen molar-refractivity contribution in [3.05, 3.63) is 94.4 Å².